The highest BCUT2D eigenvalue weighted by Gasteiger charge is 2.31. The quantitative estimate of drug-likeness (QED) is 0.192. The Morgan fingerprint density at radius 2 is 1.10 bits per heavy atom. The van der Waals surface area contributed by atoms with Crippen molar-refractivity contribution in [2.45, 2.75) is 63.7 Å². The highest BCUT2D eigenvalue weighted by atomic mass is 16.4. The summed E-state index contributed by atoms with van der Waals surface area (Å²) in [5, 5.41) is 26.1. The third-order valence-corrected chi connectivity index (χ3v) is 6.11. The predicted molar refractivity (Wildman–Crippen MR) is 143 cm³/mol. The Labute approximate surface area is 227 Å². The van der Waals surface area contributed by atoms with Crippen molar-refractivity contribution in [3.05, 3.63) is 71.8 Å². The molecule has 210 valence electrons. The van der Waals surface area contributed by atoms with Gasteiger partial charge in [-0.1, -0.05) is 74.5 Å². The molecule has 0 fully saturated rings. The van der Waals surface area contributed by atoms with Gasteiger partial charge in [-0.05, 0) is 23.5 Å². The Balaban J connectivity index is 2.30. The van der Waals surface area contributed by atoms with Crippen molar-refractivity contribution in [3.63, 3.8) is 0 Å². The van der Waals surface area contributed by atoms with Gasteiger partial charge in [0.25, 0.3) is 0 Å². The number of hydrogen-bond acceptors (Lipinski definition) is 6. The van der Waals surface area contributed by atoms with Gasteiger partial charge in [-0.2, -0.15) is 0 Å². The molecule has 0 aliphatic heterocycles. The average molecular weight is 541 g/mol. The molecule has 0 aliphatic rings. The first kappa shape index (κ1) is 31.0. The van der Waals surface area contributed by atoms with E-state index < -0.39 is 60.2 Å². The van der Waals surface area contributed by atoms with Gasteiger partial charge >= 0.3 is 11.9 Å². The lowest BCUT2D eigenvalue weighted by Gasteiger charge is -2.26. The maximum absolute atomic E-state index is 13.5. The second kappa shape index (κ2) is 15.2. The maximum Gasteiger partial charge on any atom is 0.326 e. The highest BCUT2D eigenvalue weighted by molar-refractivity contribution is 5.94. The molecule has 39 heavy (non-hydrogen) atoms. The van der Waals surface area contributed by atoms with Gasteiger partial charge in [0, 0.05) is 19.3 Å². The van der Waals surface area contributed by atoms with Crippen LogP contribution in [-0.2, 0) is 36.8 Å². The summed E-state index contributed by atoms with van der Waals surface area (Å²) >= 11 is 0. The fourth-order valence-electron chi connectivity index (χ4n) is 3.76. The molecule has 0 saturated heterocycles. The molecule has 3 amide bonds. The third-order valence-electron chi connectivity index (χ3n) is 6.11. The minimum atomic E-state index is -1.47. The van der Waals surface area contributed by atoms with E-state index in [1.165, 1.54) is 0 Å². The first-order valence-corrected chi connectivity index (χ1v) is 12.7. The Hall–Kier alpha value is -4.25. The first-order valence-electron chi connectivity index (χ1n) is 12.7. The Morgan fingerprint density at radius 3 is 1.49 bits per heavy atom. The van der Waals surface area contributed by atoms with Crippen molar-refractivity contribution < 1.29 is 34.2 Å². The van der Waals surface area contributed by atoms with Gasteiger partial charge in [-0.15, -0.1) is 0 Å². The van der Waals surface area contributed by atoms with E-state index in [0.717, 1.165) is 5.56 Å². The van der Waals surface area contributed by atoms with Crippen LogP contribution in [0.3, 0.4) is 0 Å². The maximum atomic E-state index is 13.5. The molecular weight excluding hydrogens is 504 g/mol. The predicted octanol–water partition coefficient (Wildman–Crippen LogP) is 0.859. The summed E-state index contributed by atoms with van der Waals surface area (Å²) in [6, 6.07) is 13.2. The SMILES string of the molecule is CC(C)C(N)C(=O)NC(Cc1ccccc1)C(=O)NC(Cc1ccccc1)C(=O)NC(CCC(=O)O)C(=O)O. The van der Waals surface area contributed by atoms with E-state index in [1.807, 2.05) is 6.07 Å². The molecule has 0 heterocycles. The molecule has 0 aromatic heterocycles. The summed E-state index contributed by atoms with van der Waals surface area (Å²) < 4.78 is 0. The van der Waals surface area contributed by atoms with Crippen LogP contribution in [0.15, 0.2) is 60.7 Å². The Bertz CT molecular complexity index is 1130. The summed E-state index contributed by atoms with van der Waals surface area (Å²) in [5.41, 5.74) is 7.44. The number of carboxylic acid groups (broad SMARTS) is 2. The van der Waals surface area contributed by atoms with Crippen LogP contribution >= 0.6 is 0 Å². The number of carboxylic acids is 2. The van der Waals surface area contributed by atoms with E-state index in [-0.39, 0.29) is 25.2 Å². The number of carbonyl (C=O) groups excluding carboxylic acids is 3. The lowest BCUT2D eigenvalue weighted by Crippen LogP contribution is -2.58. The number of carbonyl (C=O) groups is 5. The molecule has 2 aromatic rings. The lowest BCUT2D eigenvalue weighted by molar-refractivity contribution is -0.143. The van der Waals surface area contributed by atoms with E-state index in [0.29, 0.717) is 5.56 Å². The largest absolute Gasteiger partial charge is 0.481 e. The summed E-state index contributed by atoms with van der Waals surface area (Å²) in [5.74, 6) is -4.76. The van der Waals surface area contributed by atoms with Crippen LogP contribution in [0.5, 0.6) is 0 Å². The van der Waals surface area contributed by atoms with Gasteiger partial charge in [-0.25, -0.2) is 4.79 Å². The van der Waals surface area contributed by atoms with Crippen molar-refractivity contribution in [3.8, 4) is 0 Å². The van der Waals surface area contributed by atoms with Crippen LogP contribution in [-0.4, -0.2) is 64.0 Å². The summed E-state index contributed by atoms with van der Waals surface area (Å²) in [4.78, 5) is 62.0. The van der Waals surface area contributed by atoms with E-state index in [4.69, 9.17) is 10.8 Å². The Morgan fingerprint density at radius 1 is 0.692 bits per heavy atom. The molecule has 11 nitrogen and oxygen atoms in total. The van der Waals surface area contributed by atoms with Crippen molar-refractivity contribution in [2.75, 3.05) is 0 Å². The molecule has 4 atom stereocenters. The van der Waals surface area contributed by atoms with Gasteiger partial charge in [0.05, 0.1) is 6.04 Å². The number of aliphatic carboxylic acids is 2. The molecule has 2 aromatic carbocycles. The number of benzene rings is 2. The molecule has 0 aliphatic carbocycles. The number of nitrogens with one attached hydrogen (secondary N) is 3. The molecule has 0 saturated carbocycles. The van der Waals surface area contributed by atoms with Crippen LogP contribution in [0.4, 0.5) is 0 Å². The first-order chi connectivity index (χ1) is 18.5. The molecule has 2 rings (SSSR count). The van der Waals surface area contributed by atoms with Crippen molar-refractivity contribution >= 4 is 29.7 Å². The van der Waals surface area contributed by atoms with Crippen LogP contribution in [0.25, 0.3) is 0 Å². The fourth-order valence-corrected chi connectivity index (χ4v) is 3.76. The molecular formula is C28H36N4O7. The number of nitrogens with two attached hydrogens (primary N) is 1. The number of hydrogen-bond donors (Lipinski definition) is 6. The molecule has 0 spiro atoms. The zero-order chi connectivity index (χ0) is 28.9. The normalized spacial score (nSPS) is 13.9. The van der Waals surface area contributed by atoms with E-state index in [2.05, 4.69) is 16.0 Å². The monoisotopic (exact) mass is 540 g/mol. The zero-order valence-corrected chi connectivity index (χ0v) is 22.0. The Kier molecular flexibility index (Phi) is 12.1. The van der Waals surface area contributed by atoms with Crippen molar-refractivity contribution in [1.82, 2.24) is 16.0 Å². The zero-order valence-electron chi connectivity index (χ0n) is 22.0. The van der Waals surface area contributed by atoms with Gasteiger partial charge in [-0.3, -0.25) is 19.2 Å². The second-order valence-corrected chi connectivity index (χ2v) is 9.60. The van der Waals surface area contributed by atoms with Crippen LogP contribution in [0.1, 0.15) is 37.8 Å². The minimum absolute atomic E-state index is 0.0290. The van der Waals surface area contributed by atoms with E-state index in [9.17, 15) is 29.1 Å². The van der Waals surface area contributed by atoms with Crippen molar-refractivity contribution in [1.29, 1.82) is 0 Å². The van der Waals surface area contributed by atoms with E-state index >= 15 is 0 Å². The van der Waals surface area contributed by atoms with Gasteiger partial charge < -0.3 is 31.9 Å². The van der Waals surface area contributed by atoms with E-state index in [1.54, 1.807) is 68.4 Å². The fraction of sp³-hybridized carbons (Fsp3) is 0.393. The highest BCUT2D eigenvalue weighted by Crippen LogP contribution is 2.09. The van der Waals surface area contributed by atoms with Crippen LogP contribution in [0.2, 0.25) is 0 Å². The second-order valence-electron chi connectivity index (χ2n) is 9.60. The third kappa shape index (κ3) is 10.6. The standard InChI is InChI=1S/C28H36N4O7/c1-17(2)24(29)27(37)32-22(16-19-11-7-4-8-12-19)26(36)31-21(15-18-9-5-3-6-10-18)25(35)30-20(28(38)39)13-14-23(33)34/h3-12,17,20-22,24H,13-16,29H2,1-2H3,(H,30,35)(H,31,36)(H,32,37)(H,33,34)(H,38,39). The summed E-state index contributed by atoms with van der Waals surface area (Å²) in [6.45, 7) is 3.56. The topological polar surface area (TPSA) is 188 Å². The van der Waals surface area contributed by atoms with Crippen LogP contribution < -0.4 is 21.7 Å². The smallest absolute Gasteiger partial charge is 0.326 e. The number of amides is 3. The number of rotatable bonds is 15. The molecule has 0 bridgehead atoms. The molecule has 11 heteroatoms. The summed E-state index contributed by atoms with van der Waals surface area (Å²) in [7, 11) is 0. The lowest BCUT2D eigenvalue weighted by atomic mass is 10.0. The van der Waals surface area contributed by atoms with Crippen molar-refractivity contribution in [2.24, 2.45) is 11.7 Å². The summed E-state index contributed by atoms with van der Waals surface area (Å²) in [6.07, 6.45) is -0.642. The molecule has 4 unspecified atom stereocenters. The van der Waals surface area contributed by atoms with Gasteiger partial charge in [0.1, 0.15) is 18.1 Å². The molecule has 7 N–H and O–H groups in total. The van der Waals surface area contributed by atoms with Gasteiger partial charge in [0.2, 0.25) is 17.7 Å². The average Bonchev–Trinajstić information content (AvgIpc) is 2.90. The van der Waals surface area contributed by atoms with Crippen LogP contribution in [0, 0.1) is 5.92 Å². The minimum Gasteiger partial charge on any atom is -0.481 e. The molecule has 0 radical (unpaired) electrons. The van der Waals surface area contributed by atoms with Gasteiger partial charge in [0.15, 0.2) is 0 Å².